The maximum absolute atomic E-state index is 8.14. The van der Waals surface area contributed by atoms with E-state index in [4.69, 9.17) is 10.4 Å². The number of nitrogens with zero attached hydrogens (tertiary/aromatic N) is 1. The van der Waals surface area contributed by atoms with Gasteiger partial charge in [-0.3, -0.25) is 0 Å². The van der Waals surface area contributed by atoms with Gasteiger partial charge in [0.25, 0.3) is 0 Å². The van der Waals surface area contributed by atoms with Crippen LogP contribution >= 0.6 is 0 Å². The molecule has 0 aromatic rings. The van der Waals surface area contributed by atoms with Crippen LogP contribution in [0.4, 0.5) is 0 Å². The van der Waals surface area contributed by atoms with E-state index >= 15 is 0 Å². The summed E-state index contributed by atoms with van der Waals surface area (Å²) in [5.74, 6) is 0.440. The quantitative estimate of drug-likeness (QED) is 0.557. The van der Waals surface area contributed by atoms with Gasteiger partial charge in [-0.2, -0.15) is 5.26 Å². The summed E-state index contributed by atoms with van der Waals surface area (Å²) >= 11 is 0. The average molecular weight is 115 g/mol. The molecule has 0 fully saturated rings. The first-order chi connectivity index (χ1) is 3.68. The van der Waals surface area contributed by atoms with E-state index in [2.05, 4.69) is 0 Å². The Balaban J connectivity index is 0. The normalized spacial score (nSPS) is 7.00. The Hall–Kier alpha value is -0.550. The summed E-state index contributed by atoms with van der Waals surface area (Å²) in [7, 11) is 0. The second-order valence-corrected chi connectivity index (χ2v) is 1.80. The Labute approximate surface area is 50.8 Å². The molecule has 48 valence electrons. The Morgan fingerprint density at radius 3 is 1.75 bits per heavy atom. The fraction of sp³-hybridized carbons (Fsp3) is 0.833. The number of nitriles is 1. The summed E-state index contributed by atoms with van der Waals surface area (Å²) in [5, 5.41) is 15.5. The Kier molecular flexibility index (Phi) is 12.6. The Bertz CT molecular complexity index is 63.4. The van der Waals surface area contributed by atoms with Crippen LogP contribution in [-0.4, -0.2) is 11.7 Å². The van der Waals surface area contributed by atoms with E-state index in [1.165, 1.54) is 6.92 Å². The van der Waals surface area contributed by atoms with Crippen molar-refractivity contribution < 1.29 is 5.11 Å². The van der Waals surface area contributed by atoms with Gasteiger partial charge in [0, 0.05) is 13.5 Å². The molecule has 0 radical (unpaired) electrons. The molecule has 0 atom stereocenters. The number of hydrogen-bond acceptors (Lipinski definition) is 2. The van der Waals surface area contributed by atoms with Crippen molar-refractivity contribution in [2.24, 2.45) is 5.92 Å². The minimum Gasteiger partial charge on any atom is -0.396 e. The maximum atomic E-state index is 8.14. The third-order valence-corrected chi connectivity index (χ3v) is 0.365. The molecule has 0 saturated heterocycles. The largest absolute Gasteiger partial charge is 0.396 e. The molecule has 0 aliphatic carbocycles. The van der Waals surface area contributed by atoms with Crippen molar-refractivity contribution in [1.29, 1.82) is 5.26 Å². The topological polar surface area (TPSA) is 44.0 Å². The lowest BCUT2D eigenvalue weighted by atomic mass is 10.2. The second kappa shape index (κ2) is 9.67. The van der Waals surface area contributed by atoms with E-state index in [1.54, 1.807) is 6.07 Å². The monoisotopic (exact) mass is 115 g/mol. The lowest BCUT2D eigenvalue weighted by Crippen LogP contribution is -1.90. The van der Waals surface area contributed by atoms with Gasteiger partial charge in [-0.15, -0.1) is 0 Å². The Morgan fingerprint density at radius 2 is 1.75 bits per heavy atom. The molecule has 0 spiro atoms. The molecule has 0 aliphatic heterocycles. The van der Waals surface area contributed by atoms with Crippen LogP contribution in [0.5, 0.6) is 0 Å². The molecule has 0 rings (SSSR count). The molecule has 8 heavy (non-hydrogen) atoms. The molecular formula is C6H13NO. The SMILES string of the molecule is CC#N.CC(C)CO. The first-order valence-corrected chi connectivity index (χ1v) is 2.60. The van der Waals surface area contributed by atoms with Crippen LogP contribution in [0.15, 0.2) is 0 Å². The third kappa shape index (κ3) is 51.3. The zero-order chi connectivity index (χ0) is 6.99. The maximum Gasteiger partial charge on any atom is 0.0587 e. The third-order valence-electron chi connectivity index (χ3n) is 0.365. The first-order valence-electron chi connectivity index (χ1n) is 2.60. The summed E-state index contributed by atoms with van der Waals surface area (Å²) < 4.78 is 0. The second-order valence-electron chi connectivity index (χ2n) is 1.80. The molecule has 0 bridgehead atoms. The molecule has 0 unspecified atom stereocenters. The minimum absolute atomic E-state index is 0.306. The van der Waals surface area contributed by atoms with Crippen LogP contribution < -0.4 is 0 Å². The molecule has 0 aliphatic rings. The highest BCUT2D eigenvalue weighted by Gasteiger charge is 1.81. The van der Waals surface area contributed by atoms with E-state index in [1.807, 2.05) is 13.8 Å². The van der Waals surface area contributed by atoms with Gasteiger partial charge in [0.05, 0.1) is 6.07 Å². The van der Waals surface area contributed by atoms with Crippen molar-refractivity contribution in [3.63, 3.8) is 0 Å². The summed E-state index contributed by atoms with van der Waals surface area (Å²) in [6, 6.07) is 1.75. The predicted molar refractivity (Wildman–Crippen MR) is 33.2 cm³/mol. The zero-order valence-corrected chi connectivity index (χ0v) is 5.68. The van der Waals surface area contributed by atoms with Crippen molar-refractivity contribution >= 4 is 0 Å². The van der Waals surface area contributed by atoms with E-state index in [9.17, 15) is 0 Å². The number of rotatable bonds is 1. The molecule has 0 aromatic heterocycles. The molecule has 0 aromatic carbocycles. The molecule has 1 N–H and O–H groups in total. The van der Waals surface area contributed by atoms with Gasteiger partial charge in [-0.1, -0.05) is 13.8 Å². The van der Waals surface area contributed by atoms with Crippen LogP contribution in [0.1, 0.15) is 20.8 Å². The predicted octanol–water partition coefficient (Wildman–Crippen LogP) is 1.16. The van der Waals surface area contributed by atoms with Crippen molar-refractivity contribution in [3.05, 3.63) is 0 Å². The van der Waals surface area contributed by atoms with E-state index < -0.39 is 0 Å². The van der Waals surface area contributed by atoms with Crippen LogP contribution in [-0.2, 0) is 0 Å². The molecule has 0 heterocycles. The fourth-order valence-corrected chi connectivity index (χ4v) is 0. The van der Waals surface area contributed by atoms with Crippen LogP contribution in [0.25, 0.3) is 0 Å². The highest BCUT2D eigenvalue weighted by atomic mass is 16.3. The minimum atomic E-state index is 0.306. The zero-order valence-electron chi connectivity index (χ0n) is 5.68. The van der Waals surface area contributed by atoms with E-state index in [0.29, 0.717) is 12.5 Å². The van der Waals surface area contributed by atoms with Crippen molar-refractivity contribution in [2.75, 3.05) is 6.61 Å². The number of hydrogen-bond donors (Lipinski definition) is 1. The average Bonchev–Trinajstić information content (AvgIpc) is 1.69. The van der Waals surface area contributed by atoms with Crippen LogP contribution in [0.3, 0.4) is 0 Å². The van der Waals surface area contributed by atoms with Gasteiger partial charge in [-0.25, -0.2) is 0 Å². The highest BCUT2D eigenvalue weighted by molar-refractivity contribution is 4.51. The smallest absolute Gasteiger partial charge is 0.0587 e. The molecule has 0 amide bonds. The van der Waals surface area contributed by atoms with Gasteiger partial charge in [0.15, 0.2) is 0 Å². The van der Waals surface area contributed by atoms with Gasteiger partial charge in [0.1, 0.15) is 0 Å². The van der Waals surface area contributed by atoms with Gasteiger partial charge < -0.3 is 5.11 Å². The van der Waals surface area contributed by atoms with Crippen LogP contribution in [0, 0.1) is 17.2 Å². The summed E-state index contributed by atoms with van der Waals surface area (Å²) in [6.07, 6.45) is 0. The molecule has 0 saturated carbocycles. The number of aliphatic hydroxyl groups excluding tert-OH is 1. The highest BCUT2D eigenvalue weighted by Crippen LogP contribution is 1.83. The van der Waals surface area contributed by atoms with Crippen molar-refractivity contribution in [2.45, 2.75) is 20.8 Å². The summed E-state index contributed by atoms with van der Waals surface area (Å²) in [5.41, 5.74) is 0. The standard InChI is InChI=1S/C4H10O.C2H3N/c1-4(2)3-5;1-2-3/h4-5H,3H2,1-2H3;1H3. The lowest BCUT2D eigenvalue weighted by Gasteiger charge is -1.90. The van der Waals surface area contributed by atoms with Crippen molar-refractivity contribution in [3.8, 4) is 6.07 Å². The fourth-order valence-electron chi connectivity index (χ4n) is 0. The van der Waals surface area contributed by atoms with E-state index in [0.717, 1.165) is 0 Å². The van der Waals surface area contributed by atoms with Gasteiger partial charge in [0.2, 0.25) is 0 Å². The van der Waals surface area contributed by atoms with Crippen LogP contribution in [0.2, 0.25) is 0 Å². The van der Waals surface area contributed by atoms with Gasteiger partial charge >= 0.3 is 0 Å². The number of aliphatic hydroxyl groups is 1. The Morgan fingerprint density at radius 1 is 1.62 bits per heavy atom. The first kappa shape index (κ1) is 10.4. The molecular weight excluding hydrogens is 102 g/mol. The van der Waals surface area contributed by atoms with Gasteiger partial charge in [-0.05, 0) is 5.92 Å². The summed E-state index contributed by atoms with van der Waals surface area (Å²) in [4.78, 5) is 0. The van der Waals surface area contributed by atoms with Crippen molar-refractivity contribution in [1.82, 2.24) is 0 Å². The molecule has 2 heteroatoms. The summed E-state index contributed by atoms with van der Waals surface area (Å²) in [6.45, 7) is 5.68. The molecule has 2 nitrogen and oxygen atoms in total. The van der Waals surface area contributed by atoms with E-state index in [-0.39, 0.29) is 0 Å². The lowest BCUT2D eigenvalue weighted by molar-refractivity contribution is 0.248.